The van der Waals surface area contributed by atoms with E-state index < -0.39 is 0 Å². The van der Waals surface area contributed by atoms with E-state index in [-0.39, 0.29) is 18.3 Å². The summed E-state index contributed by atoms with van der Waals surface area (Å²) in [5.74, 6) is 0.394. The predicted molar refractivity (Wildman–Crippen MR) is 82.3 cm³/mol. The van der Waals surface area contributed by atoms with E-state index in [1.807, 2.05) is 0 Å². The normalized spacial score (nSPS) is 15.7. The monoisotopic (exact) mass is 310 g/mol. The molecule has 0 atom stereocenters. The van der Waals surface area contributed by atoms with Crippen molar-refractivity contribution in [1.82, 2.24) is 4.98 Å². The number of hydrogen-bond acceptors (Lipinski definition) is 5. The predicted octanol–water partition coefficient (Wildman–Crippen LogP) is 3.16. The first-order valence-corrected chi connectivity index (χ1v) is 8.36. The molecule has 0 aliphatic heterocycles. The van der Waals surface area contributed by atoms with E-state index in [9.17, 15) is 9.59 Å². The Morgan fingerprint density at radius 1 is 1.38 bits per heavy atom. The lowest BCUT2D eigenvalue weighted by Crippen LogP contribution is -2.15. The number of anilines is 1. The van der Waals surface area contributed by atoms with Gasteiger partial charge < -0.3 is 10.1 Å². The van der Waals surface area contributed by atoms with Crippen LogP contribution >= 0.6 is 11.3 Å². The molecule has 0 bridgehead atoms. The molecule has 1 fully saturated rings. The van der Waals surface area contributed by atoms with Crippen molar-refractivity contribution in [3.63, 3.8) is 0 Å². The van der Waals surface area contributed by atoms with Gasteiger partial charge in [0.25, 0.3) is 0 Å². The Bertz CT molecular complexity index is 481. The van der Waals surface area contributed by atoms with Gasteiger partial charge in [0.2, 0.25) is 5.91 Å². The van der Waals surface area contributed by atoms with E-state index >= 15 is 0 Å². The second-order valence-corrected chi connectivity index (χ2v) is 6.35. The standard InChI is InChI=1S/C15H22N2O3S/c1-20-14(19)9-12-10-21-15(16-12)17-13(18)8-7-11-5-3-2-4-6-11/h10-11H,2-9H2,1H3,(H,16,17,18). The van der Waals surface area contributed by atoms with E-state index in [1.165, 1.54) is 50.6 Å². The Hall–Kier alpha value is -1.43. The maximum Gasteiger partial charge on any atom is 0.311 e. The Morgan fingerprint density at radius 2 is 2.14 bits per heavy atom. The summed E-state index contributed by atoms with van der Waals surface area (Å²) in [6.07, 6.45) is 8.12. The van der Waals surface area contributed by atoms with Crippen molar-refractivity contribution < 1.29 is 14.3 Å². The molecule has 0 saturated heterocycles. The highest BCUT2D eigenvalue weighted by Gasteiger charge is 2.15. The number of hydrogen-bond donors (Lipinski definition) is 1. The van der Waals surface area contributed by atoms with Crippen molar-refractivity contribution in [1.29, 1.82) is 0 Å². The molecule has 0 spiro atoms. The van der Waals surface area contributed by atoms with Gasteiger partial charge in [0.1, 0.15) is 0 Å². The van der Waals surface area contributed by atoms with Crippen LogP contribution in [0.3, 0.4) is 0 Å². The Kier molecular flexibility index (Phi) is 6.17. The van der Waals surface area contributed by atoms with Crippen molar-refractivity contribution in [2.75, 3.05) is 12.4 Å². The number of amides is 1. The van der Waals surface area contributed by atoms with Crippen LogP contribution in [0, 0.1) is 5.92 Å². The highest BCUT2D eigenvalue weighted by molar-refractivity contribution is 7.13. The number of thiazole rings is 1. The van der Waals surface area contributed by atoms with Gasteiger partial charge in [-0.1, -0.05) is 32.1 Å². The van der Waals surface area contributed by atoms with E-state index in [2.05, 4.69) is 15.0 Å². The largest absolute Gasteiger partial charge is 0.469 e. The summed E-state index contributed by atoms with van der Waals surface area (Å²) in [4.78, 5) is 27.3. The molecule has 1 N–H and O–H groups in total. The van der Waals surface area contributed by atoms with Crippen LogP contribution in [-0.2, 0) is 20.7 Å². The molecule has 1 aromatic heterocycles. The van der Waals surface area contributed by atoms with Gasteiger partial charge in [0, 0.05) is 11.8 Å². The number of nitrogens with zero attached hydrogens (tertiary/aromatic N) is 1. The molecule has 1 saturated carbocycles. The van der Waals surface area contributed by atoms with Gasteiger partial charge in [-0.25, -0.2) is 4.98 Å². The topological polar surface area (TPSA) is 68.3 Å². The summed E-state index contributed by atoms with van der Waals surface area (Å²) in [5.41, 5.74) is 0.634. The lowest BCUT2D eigenvalue weighted by Gasteiger charge is -2.20. The third-order valence-electron chi connectivity index (χ3n) is 3.86. The van der Waals surface area contributed by atoms with Gasteiger partial charge in [-0.15, -0.1) is 11.3 Å². The highest BCUT2D eigenvalue weighted by atomic mass is 32.1. The van der Waals surface area contributed by atoms with Crippen LogP contribution in [0.5, 0.6) is 0 Å². The number of carbonyl (C=O) groups is 2. The van der Waals surface area contributed by atoms with Crippen LogP contribution in [0.2, 0.25) is 0 Å². The number of esters is 1. The van der Waals surface area contributed by atoms with Crippen molar-refractivity contribution in [3.8, 4) is 0 Å². The minimum absolute atomic E-state index is 0.0135. The Morgan fingerprint density at radius 3 is 2.86 bits per heavy atom. The number of rotatable bonds is 6. The van der Waals surface area contributed by atoms with Gasteiger partial charge in [-0.2, -0.15) is 0 Å². The zero-order chi connectivity index (χ0) is 15.1. The zero-order valence-electron chi connectivity index (χ0n) is 12.4. The minimum atomic E-state index is -0.324. The smallest absolute Gasteiger partial charge is 0.311 e. The lowest BCUT2D eigenvalue weighted by molar-refractivity contribution is -0.139. The molecule has 2 rings (SSSR count). The summed E-state index contributed by atoms with van der Waals surface area (Å²) in [6.45, 7) is 0. The van der Waals surface area contributed by atoms with Crippen LogP contribution in [0.15, 0.2) is 5.38 Å². The number of carbonyl (C=O) groups excluding carboxylic acids is 2. The maximum atomic E-state index is 11.9. The fourth-order valence-electron chi connectivity index (χ4n) is 2.66. The molecule has 0 unspecified atom stereocenters. The van der Waals surface area contributed by atoms with Crippen molar-refractivity contribution in [2.24, 2.45) is 5.92 Å². The average molecular weight is 310 g/mol. The van der Waals surface area contributed by atoms with Crippen molar-refractivity contribution >= 4 is 28.3 Å². The quantitative estimate of drug-likeness (QED) is 0.820. The van der Waals surface area contributed by atoms with Crippen LogP contribution in [-0.4, -0.2) is 24.0 Å². The lowest BCUT2D eigenvalue weighted by atomic mass is 9.86. The van der Waals surface area contributed by atoms with Crippen LogP contribution in [0.25, 0.3) is 0 Å². The van der Waals surface area contributed by atoms with Gasteiger partial charge >= 0.3 is 5.97 Å². The minimum Gasteiger partial charge on any atom is -0.469 e. The molecule has 116 valence electrons. The molecule has 1 aromatic rings. The molecular weight excluding hydrogens is 288 g/mol. The molecule has 1 amide bonds. The summed E-state index contributed by atoms with van der Waals surface area (Å²) in [7, 11) is 1.35. The molecular formula is C15H22N2O3S. The third kappa shape index (κ3) is 5.46. The van der Waals surface area contributed by atoms with E-state index in [4.69, 9.17) is 0 Å². The van der Waals surface area contributed by atoms with Crippen molar-refractivity contribution in [2.45, 2.75) is 51.4 Å². The van der Waals surface area contributed by atoms with E-state index in [1.54, 1.807) is 5.38 Å². The van der Waals surface area contributed by atoms with Gasteiger partial charge in [0.15, 0.2) is 5.13 Å². The summed E-state index contributed by atoms with van der Waals surface area (Å²) < 4.78 is 4.59. The first kappa shape index (κ1) is 15.9. The van der Waals surface area contributed by atoms with Crippen molar-refractivity contribution in [3.05, 3.63) is 11.1 Å². The van der Waals surface area contributed by atoms with E-state index in [0.717, 1.165) is 6.42 Å². The molecule has 6 heteroatoms. The molecule has 0 aromatic carbocycles. The third-order valence-corrected chi connectivity index (χ3v) is 4.66. The second-order valence-electron chi connectivity index (χ2n) is 5.49. The molecule has 5 nitrogen and oxygen atoms in total. The summed E-state index contributed by atoms with van der Waals surface area (Å²) in [6, 6.07) is 0. The molecule has 21 heavy (non-hydrogen) atoms. The number of ether oxygens (including phenoxy) is 1. The summed E-state index contributed by atoms with van der Waals surface area (Å²) in [5, 5.41) is 5.14. The molecule has 1 heterocycles. The second kappa shape index (κ2) is 8.12. The Balaban J connectivity index is 1.73. The first-order chi connectivity index (χ1) is 10.2. The van der Waals surface area contributed by atoms with E-state index in [0.29, 0.717) is 23.2 Å². The number of aromatic nitrogens is 1. The van der Waals surface area contributed by atoms with Gasteiger partial charge in [-0.05, 0) is 12.3 Å². The summed E-state index contributed by atoms with van der Waals surface area (Å²) >= 11 is 1.34. The van der Waals surface area contributed by atoms with Crippen LogP contribution in [0.1, 0.15) is 50.6 Å². The number of nitrogens with one attached hydrogen (secondary N) is 1. The maximum absolute atomic E-state index is 11.9. The fraction of sp³-hybridized carbons (Fsp3) is 0.667. The Labute approximate surface area is 129 Å². The fourth-order valence-corrected chi connectivity index (χ4v) is 3.38. The highest BCUT2D eigenvalue weighted by Crippen LogP contribution is 2.27. The van der Waals surface area contributed by atoms with Gasteiger partial charge in [0.05, 0.1) is 19.2 Å². The SMILES string of the molecule is COC(=O)Cc1csc(NC(=O)CCC2CCCCC2)n1. The van der Waals surface area contributed by atoms with Gasteiger partial charge in [-0.3, -0.25) is 9.59 Å². The molecule has 1 aliphatic carbocycles. The molecule has 1 aliphatic rings. The van der Waals surface area contributed by atoms with Crippen LogP contribution < -0.4 is 5.32 Å². The first-order valence-electron chi connectivity index (χ1n) is 7.48. The van der Waals surface area contributed by atoms with Crippen LogP contribution in [0.4, 0.5) is 5.13 Å². The zero-order valence-corrected chi connectivity index (χ0v) is 13.2. The number of methoxy groups -OCH3 is 1. The molecule has 0 radical (unpaired) electrons. The average Bonchev–Trinajstić information content (AvgIpc) is 2.93.